The van der Waals surface area contributed by atoms with Gasteiger partial charge in [0.25, 0.3) is 0 Å². The lowest BCUT2D eigenvalue weighted by Crippen LogP contribution is -2.32. The number of hydrogen-bond donors (Lipinski definition) is 1. The summed E-state index contributed by atoms with van der Waals surface area (Å²) >= 11 is 1.53. The van der Waals surface area contributed by atoms with Crippen LogP contribution in [-0.4, -0.2) is 18.3 Å². The molecule has 0 aliphatic rings. The molecule has 0 heterocycles. The highest BCUT2D eigenvalue weighted by atomic mass is 32.2. The standard InChI is InChI=1S/C23H23NO2S/c25-23(18-27-21-14-8-3-9-15-21)24-22(20-12-6-2-7-13-20)17-26-16-19-10-4-1-5-11-19/h1-15,22H,16-18H2,(H,24,25). The number of amides is 1. The number of thioether (sulfide) groups is 1. The van der Waals surface area contributed by atoms with Crippen molar-refractivity contribution in [1.82, 2.24) is 5.32 Å². The largest absolute Gasteiger partial charge is 0.374 e. The smallest absolute Gasteiger partial charge is 0.230 e. The van der Waals surface area contributed by atoms with E-state index in [1.165, 1.54) is 11.8 Å². The van der Waals surface area contributed by atoms with Gasteiger partial charge in [-0.2, -0.15) is 0 Å². The Morgan fingerprint density at radius 2 is 1.44 bits per heavy atom. The van der Waals surface area contributed by atoms with Crippen LogP contribution in [-0.2, 0) is 16.1 Å². The van der Waals surface area contributed by atoms with Gasteiger partial charge in [0.2, 0.25) is 5.91 Å². The number of hydrogen-bond acceptors (Lipinski definition) is 3. The van der Waals surface area contributed by atoms with E-state index >= 15 is 0 Å². The molecule has 1 N–H and O–H groups in total. The Bertz CT molecular complexity index is 810. The number of rotatable bonds is 9. The maximum Gasteiger partial charge on any atom is 0.230 e. The fourth-order valence-corrected chi connectivity index (χ4v) is 3.41. The summed E-state index contributed by atoms with van der Waals surface area (Å²) in [5.74, 6) is 0.382. The molecular formula is C23H23NO2S. The van der Waals surface area contributed by atoms with Gasteiger partial charge in [0, 0.05) is 4.90 Å². The third kappa shape index (κ3) is 6.59. The minimum absolute atomic E-state index is 0.000942. The molecule has 3 nitrogen and oxygen atoms in total. The second kappa shape index (κ2) is 10.6. The van der Waals surface area contributed by atoms with Gasteiger partial charge in [-0.15, -0.1) is 11.8 Å². The number of ether oxygens (including phenoxy) is 1. The molecule has 3 aromatic rings. The van der Waals surface area contributed by atoms with Crippen LogP contribution in [0.5, 0.6) is 0 Å². The van der Waals surface area contributed by atoms with Crippen LogP contribution in [0.4, 0.5) is 0 Å². The van der Waals surface area contributed by atoms with Crippen LogP contribution in [0.15, 0.2) is 95.9 Å². The molecule has 1 atom stereocenters. The summed E-state index contributed by atoms with van der Waals surface area (Å²) in [6.07, 6.45) is 0. The van der Waals surface area contributed by atoms with Gasteiger partial charge in [0.15, 0.2) is 0 Å². The van der Waals surface area contributed by atoms with E-state index in [1.807, 2.05) is 91.0 Å². The first-order valence-corrected chi connectivity index (χ1v) is 9.93. The van der Waals surface area contributed by atoms with E-state index in [4.69, 9.17) is 4.74 Å². The highest BCUT2D eigenvalue weighted by Crippen LogP contribution is 2.18. The highest BCUT2D eigenvalue weighted by Gasteiger charge is 2.15. The molecule has 0 bridgehead atoms. The van der Waals surface area contributed by atoms with E-state index < -0.39 is 0 Å². The Kier molecular flexibility index (Phi) is 7.51. The molecule has 1 unspecified atom stereocenters. The predicted molar refractivity (Wildman–Crippen MR) is 111 cm³/mol. The SMILES string of the molecule is O=C(CSc1ccccc1)NC(COCc1ccccc1)c1ccccc1. The van der Waals surface area contributed by atoms with Gasteiger partial charge in [0.1, 0.15) is 0 Å². The van der Waals surface area contributed by atoms with Crippen LogP contribution in [0.3, 0.4) is 0 Å². The molecule has 0 radical (unpaired) electrons. The molecule has 0 aromatic heterocycles. The van der Waals surface area contributed by atoms with E-state index in [2.05, 4.69) is 5.32 Å². The fourth-order valence-electron chi connectivity index (χ4n) is 2.68. The quantitative estimate of drug-likeness (QED) is 0.542. The Balaban J connectivity index is 1.55. The van der Waals surface area contributed by atoms with Gasteiger partial charge in [0.05, 0.1) is 25.0 Å². The monoisotopic (exact) mass is 377 g/mol. The molecule has 0 fully saturated rings. The van der Waals surface area contributed by atoms with Crippen molar-refractivity contribution in [3.8, 4) is 0 Å². The van der Waals surface area contributed by atoms with Crippen LogP contribution >= 0.6 is 11.8 Å². The maximum absolute atomic E-state index is 12.4. The minimum Gasteiger partial charge on any atom is -0.374 e. The predicted octanol–water partition coefficient (Wildman–Crippen LogP) is 4.85. The lowest BCUT2D eigenvalue weighted by molar-refractivity contribution is -0.119. The molecule has 27 heavy (non-hydrogen) atoms. The van der Waals surface area contributed by atoms with Crippen molar-refractivity contribution in [1.29, 1.82) is 0 Å². The number of nitrogens with one attached hydrogen (secondary N) is 1. The van der Waals surface area contributed by atoms with Gasteiger partial charge in [-0.25, -0.2) is 0 Å². The molecule has 0 saturated carbocycles. The number of carbonyl (C=O) groups is 1. The molecule has 138 valence electrons. The van der Waals surface area contributed by atoms with Crippen molar-refractivity contribution < 1.29 is 9.53 Å². The van der Waals surface area contributed by atoms with Gasteiger partial charge >= 0.3 is 0 Å². The Morgan fingerprint density at radius 1 is 0.852 bits per heavy atom. The van der Waals surface area contributed by atoms with Gasteiger partial charge < -0.3 is 10.1 Å². The zero-order valence-corrected chi connectivity index (χ0v) is 15.9. The summed E-state index contributed by atoms with van der Waals surface area (Å²) in [7, 11) is 0. The lowest BCUT2D eigenvalue weighted by atomic mass is 10.1. The van der Waals surface area contributed by atoms with Gasteiger partial charge in [-0.05, 0) is 23.3 Å². The molecule has 3 rings (SSSR count). The molecule has 3 aromatic carbocycles. The lowest BCUT2D eigenvalue weighted by Gasteiger charge is -2.19. The minimum atomic E-state index is -0.168. The molecule has 0 saturated heterocycles. The summed E-state index contributed by atoms with van der Waals surface area (Å²) in [6.45, 7) is 0.958. The third-order valence-corrected chi connectivity index (χ3v) is 5.06. The summed E-state index contributed by atoms with van der Waals surface area (Å²) in [6, 6.07) is 29.8. The van der Waals surface area contributed by atoms with E-state index in [9.17, 15) is 4.79 Å². The summed E-state index contributed by atoms with van der Waals surface area (Å²) in [4.78, 5) is 13.5. The fraction of sp³-hybridized carbons (Fsp3) is 0.174. The van der Waals surface area contributed by atoms with Crippen LogP contribution in [0, 0.1) is 0 Å². The molecule has 0 spiro atoms. The van der Waals surface area contributed by atoms with Crippen LogP contribution in [0.25, 0.3) is 0 Å². The van der Waals surface area contributed by atoms with Crippen molar-refractivity contribution >= 4 is 17.7 Å². The van der Waals surface area contributed by atoms with Crippen molar-refractivity contribution in [2.24, 2.45) is 0 Å². The van der Waals surface area contributed by atoms with Crippen molar-refractivity contribution in [2.75, 3.05) is 12.4 Å². The summed E-state index contributed by atoms with van der Waals surface area (Å²) in [5.41, 5.74) is 2.17. The van der Waals surface area contributed by atoms with Gasteiger partial charge in [-0.3, -0.25) is 4.79 Å². The zero-order valence-electron chi connectivity index (χ0n) is 15.1. The third-order valence-electron chi connectivity index (χ3n) is 4.05. The first-order chi connectivity index (χ1) is 13.3. The summed E-state index contributed by atoms with van der Waals surface area (Å²) in [5, 5.41) is 3.11. The van der Waals surface area contributed by atoms with Crippen LogP contribution < -0.4 is 5.32 Å². The molecule has 0 aliphatic heterocycles. The molecule has 0 aliphatic carbocycles. The number of carbonyl (C=O) groups excluding carboxylic acids is 1. The van der Waals surface area contributed by atoms with Crippen LogP contribution in [0.2, 0.25) is 0 Å². The number of benzene rings is 3. The molecule has 1 amide bonds. The van der Waals surface area contributed by atoms with Crippen LogP contribution in [0.1, 0.15) is 17.2 Å². The zero-order chi connectivity index (χ0) is 18.7. The van der Waals surface area contributed by atoms with E-state index in [0.29, 0.717) is 19.0 Å². The average Bonchev–Trinajstić information content (AvgIpc) is 2.74. The first-order valence-electron chi connectivity index (χ1n) is 8.95. The normalized spacial score (nSPS) is 11.7. The van der Waals surface area contributed by atoms with Crippen molar-refractivity contribution in [3.63, 3.8) is 0 Å². The Hall–Kier alpha value is -2.56. The topological polar surface area (TPSA) is 38.3 Å². The van der Waals surface area contributed by atoms with E-state index in [0.717, 1.165) is 16.0 Å². The maximum atomic E-state index is 12.4. The molecular weight excluding hydrogens is 354 g/mol. The van der Waals surface area contributed by atoms with Gasteiger partial charge in [-0.1, -0.05) is 78.9 Å². The van der Waals surface area contributed by atoms with E-state index in [1.54, 1.807) is 0 Å². The Labute approximate surface area is 164 Å². The average molecular weight is 378 g/mol. The second-order valence-electron chi connectivity index (χ2n) is 6.13. The second-order valence-corrected chi connectivity index (χ2v) is 7.18. The van der Waals surface area contributed by atoms with Crippen molar-refractivity contribution in [2.45, 2.75) is 17.5 Å². The Morgan fingerprint density at radius 3 is 2.11 bits per heavy atom. The van der Waals surface area contributed by atoms with Crippen molar-refractivity contribution in [3.05, 3.63) is 102 Å². The highest BCUT2D eigenvalue weighted by molar-refractivity contribution is 8.00. The summed E-state index contributed by atoms with van der Waals surface area (Å²) < 4.78 is 5.88. The molecule has 4 heteroatoms. The first kappa shape index (κ1) is 19.2. The van der Waals surface area contributed by atoms with E-state index in [-0.39, 0.29) is 11.9 Å².